The van der Waals surface area contributed by atoms with Crippen LogP contribution in [0.3, 0.4) is 0 Å². The maximum atomic E-state index is 12.3. The van der Waals surface area contributed by atoms with Gasteiger partial charge in [-0.05, 0) is 32.9 Å². The lowest BCUT2D eigenvalue weighted by Gasteiger charge is -2.38. The molecule has 1 aromatic heterocycles. The van der Waals surface area contributed by atoms with Gasteiger partial charge < -0.3 is 25.5 Å². The minimum atomic E-state index is -1.18. The molecular weight excluding hydrogens is 310 g/mol. The van der Waals surface area contributed by atoms with E-state index in [9.17, 15) is 14.7 Å². The SMILES string of the molecule is COc1cc(N(C)C(C)(C)CCN)c2[nH]c(C(=O)O)cc(=O)c2c1. The molecule has 2 rings (SSSR count). The quantitative estimate of drug-likeness (QED) is 0.744. The number of nitrogens with zero attached hydrogens (tertiary/aromatic N) is 1. The van der Waals surface area contributed by atoms with Gasteiger partial charge in [0.15, 0.2) is 5.43 Å². The van der Waals surface area contributed by atoms with Gasteiger partial charge in [0.1, 0.15) is 11.4 Å². The van der Waals surface area contributed by atoms with E-state index < -0.39 is 5.97 Å². The van der Waals surface area contributed by atoms with Crippen molar-refractivity contribution in [3.05, 3.63) is 34.1 Å². The molecule has 1 heterocycles. The molecule has 0 unspecified atom stereocenters. The highest BCUT2D eigenvalue weighted by Gasteiger charge is 2.26. The third-order valence-electron chi connectivity index (χ3n) is 4.38. The lowest BCUT2D eigenvalue weighted by molar-refractivity contribution is 0.0691. The molecule has 0 aliphatic rings. The molecule has 4 N–H and O–H groups in total. The van der Waals surface area contributed by atoms with Crippen LogP contribution in [-0.4, -0.2) is 42.3 Å². The summed E-state index contributed by atoms with van der Waals surface area (Å²) in [4.78, 5) is 28.5. The van der Waals surface area contributed by atoms with Gasteiger partial charge in [0.25, 0.3) is 0 Å². The molecule has 0 saturated heterocycles. The Morgan fingerprint density at radius 2 is 2.04 bits per heavy atom. The number of hydrogen-bond donors (Lipinski definition) is 3. The van der Waals surface area contributed by atoms with Gasteiger partial charge in [-0.15, -0.1) is 0 Å². The summed E-state index contributed by atoms with van der Waals surface area (Å²) in [7, 11) is 3.41. The Bertz CT molecular complexity index is 826. The number of methoxy groups -OCH3 is 1. The zero-order valence-electron chi connectivity index (χ0n) is 14.3. The number of benzene rings is 1. The molecule has 0 aliphatic heterocycles. The Kier molecular flexibility index (Phi) is 4.84. The predicted octanol–water partition coefficient (Wildman–Crippen LogP) is 1.80. The van der Waals surface area contributed by atoms with Crippen molar-refractivity contribution in [2.45, 2.75) is 25.8 Å². The van der Waals surface area contributed by atoms with Crippen LogP contribution in [0.4, 0.5) is 5.69 Å². The van der Waals surface area contributed by atoms with Crippen LogP contribution in [0.5, 0.6) is 5.75 Å². The molecule has 0 spiro atoms. The maximum Gasteiger partial charge on any atom is 0.352 e. The zero-order chi connectivity index (χ0) is 18.1. The highest BCUT2D eigenvalue weighted by molar-refractivity contribution is 5.96. The number of pyridine rings is 1. The van der Waals surface area contributed by atoms with E-state index in [-0.39, 0.29) is 16.7 Å². The first-order chi connectivity index (χ1) is 11.2. The summed E-state index contributed by atoms with van der Waals surface area (Å²) in [5.41, 5.74) is 6.04. The summed E-state index contributed by atoms with van der Waals surface area (Å²) in [6.45, 7) is 4.57. The molecule has 0 radical (unpaired) electrons. The Morgan fingerprint density at radius 3 is 2.58 bits per heavy atom. The monoisotopic (exact) mass is 333 g/mol. The second-order valence-corrected chi connectivity index (χ2v) is 6.33. The average Bonchev–Trinajstić information content (AvgIpc) is 2.53. The van der Waals surface area contributed by atoms with E-state index in [0.717, 1.165) is 12.5 Å². The number of anilines is 1. The summed E-state index contributed by atoms with van der Waals surface area (Å²) in [5.74, 6) is -0.652. The van der Waals surface area contributed by atoms with E-state index in [4.69, 9.17) is 10.5 Å². The van der Waals surface area contributed by atoms with Crippen LogP contribution in [-0.2, 0) is 0 Å². The van der Waals surface area contributed by atoms with Gasteiger partial charge in [-0.2, -0.15) is 0 Å². The van der Waals surface area contributed by atoms with E-state index in [1.165, 1.54) is 7.11 Å². The number of carbonyl (C=O) groups is 1. The number of aromatic nitrogens is 1. The van der Waals surface area contributed by atoms with Crippen molar-refractivity contribution in [3.63, 3.8) is 0 Å². The topological polar surface area (TPSA) is 109 Å². The van der Waals surface area contributed by atoms with Crippen molar-refractivity contribution < 1.29 is 14.6 Å². The van der Waals surface area contributed by atoms with E-state index in [1.807, 2.05) is 25.8 Å². The van der Waals surface area contributed by atoms with Crippen LogP contribution in [0.1, 0.15) is 30.8 Å². The number of rotatable bonds is 6. The molecule has 24 heavy (non-hydrogen) atoms. The molecule has 0 bridgehead atoms. The van der Waals surface area contributed by atoms with Gasteiger partial charge in [0.2, 0.25) is 0 Å². The second kappa shape index (κ2) is 6.52. The van der Waals surface area contributed by atoms with Crippen molar-refractivity contribution in [2.75, 3.05) is 25.6 Å². The number of aromatic carboxylic acids is 1. The van der Waals surface area contributed by atoms with Gasteiger partial charge in [-0.1, -0.05) is 0 Å². The molecule has 7 heteroatoms. The van der Waals surface area contributed by atoms with Crippen molar-refractivity contribution in [3.8, 4) is 5.75 Å². The van der Waals surface area contributed by atoms with Crippen LogP contribution in [0.25, 0.3) is 10.9 Å². The van der Waals surface area contributed by atoms with E-state index >= 15 is 0 Å². The van der Waals surface area contributed by atoms with Crippen molar-refractivity contribution in [1.29, 1.82) is 0 Å². The van der Waals surface area contributed by atoms with Crippen molar-refractivity contribution in [1.82, 2.24) is 4.98 Å². The van der Waals surface area contributed by atoms with Gasteiger partial charge in [0.05, 0.1) is 23.7 Å². The zero-order valence-corrected chi connectivity index (χ0v) is 14.3. The average molecular weight is 333 g/mol. The predicted molar refractivity (Wildman–Crippen MR) is 94.2 cm³/mol. The van der Waals surface area contributed by atoms with E-state index in [2.05, 4.69) is 4.98 Å². The first kappa shape index (κ1) is 17.8. The first-order valence-corrected chi connectivity index (χ1v) is 7.63. The standard InChI is InChI=1S/C17H23N3O4/c1-17(2,5-6-18)20(3)13-8-10(24-4)7-11-14(21)9-12(16(22)23)19-15(11)13/h7-9H,5-6,18H2,1-4H3,(H,19,21)(H,22,23). The number of nitrogens with two attached hydrogens (primary N) is 1. The summed E-state index contributed by atoms with van der Waals surface area (Å²) >= 11 is 0. The van der Waals surface area contributed by atoms with Crippen LogP contribution in [0, 0.1) is 0 Å². The first-order valence-electron chi connectivity index (χ1n) is 7.63. The lowest BCUT2D eigenvalue weighted by Crippen LogP contribution is -2.43. The number of fused-ring (bicyclic) bond motifs is 1. The minimum Gasteiger partial charge on any atom is -0.497 e. The molecule has 7 nitrogen and oxygen atoms in total. The van der Waals surface area contributed by atoms with Crippen LogP contribution >= 0.6 is 0 Å². The number of carboxylic acids is 1. The molecule has 0 atom stereocenters. The molecular formula is C17H23N3O4. The normalized spacial score (nSPS) is 11.5. The van der Waals surface area contributed by atoms with Gasteiger partial charge in [0, 0.05) is 24.7 Å². The number of H-pyrrole nitrogens is 1. The van der Waals surface area contributed by atoms with Crippen molar-refractivity contribution in [2.24, 2.45) is 5.73 Å². The van der Waals surface area contributed by atoms with Gasteiger partial charge in [-0.25, -0.2) is 4.79 Å². The maximum absolute atomic E-state index is 12.3. The third-order valence-corrected chi connectivity index (χ3v) is 4.38. The number of nitrogens with one attached hydrogen (secondary N) is 1. The largest absolute Gasteiger partial charge is 0.497 e. The third kappa shape index (κ3) is 3.21. The van der Waals surface area contributed by atoms with Gasteiger partial charge >= 0.3 is 5.97 Å². The molecule has 0 amide bonds. The highest BCUT2D eigenvalue weighted by Crippen LogP contribution is 2.33. The Labute approximate surface area is 140 Å². The van der Waals surface area contributed by atoms with E-state index in [1.54, 1.807) is 12.1 Å². The van der Waals surface area contributed by atoms with Crippen LogP contribution < -0.4 is 20.8 Å². The number of hydrogen-bond acceptors (Lipinski definition) is 5. The Balaban J connectivity index is 2.79. The molecule has 2 aromatic rings. The number of ether oxygens (including phenoxy) is 1. The lowest BCUT2D eigenvalue weighted by atomic mass is 9.97. The Morgan fingerprint density at radius 1 is 1.38 bits per heavy atom. The van der Waals surface area contributed by atoms with Crippen molar-refractivity contribution >= 4 is 22.6 Å². The van der Waals surface area contributed by atoms with Crippen LogP contribution in [0.15, 0.2) is 23.0 Å². The van der Waals surface area contributed by atoms with Crippen LogP contribution in [0.2, 0.25) is 0 Å². The summed E-state index contributed by atoms with van der Waals surface area (Å²) < 4.78 is 5.30. The summed E-state index contributed by atoms with van der Waals surface area (Å²) in [6.07, 6.45) is 0.727. The Hall–Kier alpha value is -2.54. The summed E-state index contributed by atoms with van der Waals surface area (Å²) in [5, 5.41) is 9.60. The summed E-state index contributed by atoms with van der Waals surface area (Å²) in [6, 6.07) is 4.47. The molecule has 130 valence electrons. The molecule has 0 fully saturated rings. The smallest absolute Gasteiger partial charge is 0.352 e. The second-order valence-electron chi connectivity index (χ2n) is 6.33. The number of aromatic amines is 1. The fourth-order valence-corrected chi connectivity index (χ4v) is 2.65. The highest BCUT2D eigenvalue weighted by atomic mass is 16.5. The molecule has 0 saturated carbocycles. The molecule has 0 aliphatic carbocycles. The fourth-order valence-electron chi connectivity index (χ4n) is 2.65. The van der Waals surface area contributed by atoms with Gasteiger partial charge in [-0.3, -0.25) is 4.79 Å². The molecule has 1 aromatic carbocycles. The fraction of sp³-hybridized carbons (Fsp3) is 0.412. The van der Waals surface area contributed by atoms with E-state index in [0.29, 0.717) is 28.9 Å². The minimum absolute atomic E-state index is 0.149. The number of carboxylic acid groups (broad SMARTS) is 1.